The van der Waals surface area contributed by atoms with Crippen LogP contribution in [0.4, 0.5) is 0 Å². The minimum Gasteiger partial charge on any atom is -0.368 e. The van der Waals surface area contributed by atoms with Gasteiger partial charge in [0.05, 0.1) is 19.1 Å². The number of rotatable bonds is 2. The van der Waals surface area contributed by atoms with Gasteiger partial charge in [0.25, 0.3) is 0 Å². The van der Waals surface area contributed by atoms with E-state index in [0.717, 1.165) is 5.56 Å². The van der Waals surface area contributed by atoms with Gasteiger partial charge in [-0.15, -0.1) is 0 Å². The number of aliphatic hydroxyl groups excluding tert-OH is 1. The molecule has 1 fully saturated rings. The van der Waals surface area contributed by atoms with Crippen LogP contribution in [0, 0.1) is 5.92 Å². The number of aliphatic hydroxyl groups is 2. The first kappa shape index (κ1) is 10.6. The molecule has 1 heterocycles. The second kappa shape index (κ2) is 4.72. The van der Waals surface area contributed by atoms with E-state index in [0.29, 0.717) is 13.2 Å². The molecule has 1 aliphatic rings. The molecule has 2 rings (SSSR count). The first-order valence-electron chi connectivity index (χ1n) is 4.91. The molecule has 0 aromatic heterocycles. The molecule has 4 heteroatoms. The summed E-state index contributed by atoms with van der Waals surface area (Å²) < 4.78 is 10.8. The summed E-state index contributed by atoms with van der Waals surface area (Å²) in [4.78, 5) is 0. The van der Waals surface area contributed by atoms with Crippen molar-refractivity contribution in [3.63, 3.8) is 0 Å². The predicted molar refractivity (Wildman–Crippen MR) is 52.8 cm³/mol. The van der Waals surface area contributed by atoms with Crippen molar-refractivity contribution in [3.8, 4) is 0 Å². The number of benzene rings is 1. The smallest absolute Gasteiger partial charge is 0.183 e. The van der Waals surface area contributed by atoms with Crippen LogP contribution in [0.3, 0.4) is 0 Å². The fraction of sp³-hybridized carbons (Fsp3) is 0.455. The molecule has 0 amide bonds. The Morgan fingerprint density at radius 2 is 1.67 bits per heavy atom. The lowest BCUT2D eigenvalue weighted by atomic mass is 10.1. The Morgan fingerprint density at radius 3 is 2.20 bits per heavy atom. The van der Waals surface area contributed by atoms with Crippen molar-refractivity contribution in [3.05, 3.63) is 35.9 Å². The van der Waals surface area contributed by atoms with Crippen LogP contribution in [0.2, 0.25) is 0 Å². The second-order valence-corrected chi connectivity index (χ2v) is 3.58. The largest absolute Gasteiger partial charge is 0.368 e. The van der Waals surface area contributed by atoms with E-state index in [4.69, 9.17) is 19.7 Å². The van der Waals surface area contributed by atoms with Crippen LogP contribution >= 0.6 is 0 Å². The van der Waals surface area contributed by atoms with Gasteiger partial charge >= 0.3 is 0 Å². The van der Waals surface area contributed by atoms with Gasteiger partial charge in [-0.25, -0.2) is 0 Å². The molecule has 1 aromatic carbocycles. The van der Waals surface area contributed by atoms with Gasteiger partial charge in [-0.3, -0.25) is 0 Å². The van der Waals surface area contributed by atoms with Crippen molar-refractivity contribution in [1.29, 1.82) is 0 Å². The quantitative estimate of drug-likeness (QED) is 0.704. The molecule has 0 saturated carbocycles. The van der Waals surface area contributed by atoms with E-state index >= 15 is 0 Å². The highest BCUT2D eigenvalue weighted by Gasteiger charge is 2.27. The van der Waals surface area contributed by atoms with Crippen molar-refractivity contribution < 1.29 is 19.7 Å². The first-order chi connectivity index (χ1) is 7.27. The van der Waals surface area contributed by atoms with Crippen molar-refractivity contribution in [2.75, 3.05) is 13.2 Å². The van der Waals surface area contributed by atoms with E-state index in [-0.39, 0.29) is 12.2 Å². The van der Waals surface area contributed by atoms with Crippen LogP contribution in [-0.2, 0) is 9.47 Å². The molecule has 1 aromatic rings. The summed E-state index contributed by atoms with van der Waals surface area (Å²) in [5, 5.41) is 17.9. The molecule has 0 aliphatic carbocycles. The zero-order valence-electron chi connectivity index (χ0n) is 8.24. The topological polar surface area (TPSA) is 58.9 Å². The highest BCUT2D eigenvalue weighted by atomic mass is 16.7. The summed E-state index contributed by atoms with van der Waals surface area (Å²) in [7, 11) is 0. The van der Waals surface area contributed by atoms with Crippen molar-refractivity contribution in [1.82, 2.24) is 0 Å². The third-order valence-electron chi connectivity index (χ3n) is 2.42. The Hall–Kier alpha value is -0.940. The third kappa shape index (κ3) is 2.54. The van der Waals surface area contributed by atoms with Gasteiger partial charge in [0.1, 0.15) is 0 Å². The lowest BCUT2D eigenvalue weighted by Gasteiger charge is -2.30. The normalized spacial score (nSPS) is 26.9. The van der Waals surface area contributed by atoms with Crippen LogP contribution < -0.4 is 0 Å². The van der Waals surface area contributed by atoms with Gasteiger partial charge in [-0.2, -0.15) is 0 Å². The molecule has 0 atom stereocenters. The molecule has 0 unspecified atom stereocenters. The molecular weight excluding hydrogens is 196 g/mol. The SMILES string of the molecule is OC(O)C1COC(c2ccccc2)OC1. The molecular formula is C11H14O4. The van der Waals surface area contributed by atoms with Crippen molar-refractivity contribution in [2.24, 2.45) is 5.92 Å². The molecule has 0 bridgehead atoms. The van der Waals surface area contributed by atoms with E-state index < -0.39 is 6.29 Å². The summed E-state index contributed by atoms with van der Waals surface area (Å²) in [6, 6.07) is 9.58. The third-order valence-corrected chi connectivity index (χ3v) is 2.42. The van der Waals surface area contributed by atoms with Gasteiger partial charge in [0.15, 0.2) is 12.6 Å². The van der Waals surface area contributed by atoms with Crippen molar-refractivity contribution in [2.45, 2.75) is 12.6 Å². The molecule has 0 spiro atoms. The fourth-order valence-corrected chi connectivity index (χ4v) is 1.49. The van der Waals surface area contributed by atoms with Crippen LogP contribution in [0.15, 0.2) is 30.3 Å². The zero-order chi connectivity index (χ0) is 10.7. The molecule has 15 heavy (non-hydrogen) atoms. The summed E-state index contributed by atoms with van der Waals surface area (Å²) in [5.74, 6) is -0.357. The van der Waals surface area contributed by atoms with Crippen LogP contribution in [0.5, 0.6) is 0 Å². The average molecular weight is 210 g/mol. The Bertz CT molecular complexity index is 291. The lowest BCUT2D eigenvalue weighted by Crippen LogP contribution is -2.35. The van der Waals surface area contributed by atoms with Gasteiger partial charge in [0.2, 0.25) is 0 Å². The first-order valence-corrected chi connectivity index (χ1v) is 4.91. The van der Waals surface area contributed by atoms with E-state index in [1.165, 1.54) is 0 Å². The molecule has 2 N–H and O–H groups in total. The second-order valence-electron chi connectivity index (χ2n) is 3.58. The highest BCUT2D eigenvalue weighted by Crippen LogP contribution is 2.25. The van der Waals surface area contributed by atoms with Crippen molar-refractivity contribution >= 4 is 0 Å². The number of hydrogen-bond donors (Lipinski definition) is 2. The van der Waals surface area contributed by atoms with Crippen LogP contribution in [0.25, 0.3) is 0 Å². The Balaban J connectivity index is 1.94. The summed E-state index contributed by atoms with van der Waals surface area (Å²) in [5.41, 5.74) is 0.948. The standard InChI is InChI=1S/C11H14O4/c12-10(13)9-6-14-11(15-7-9)8-4-2-1-3-5-8/h1-5,9-13H,6-7H2. The van der Waals surface area contributed by atoms with Crippen LogP contribution in [0.1, 0.15) is 11.9 Å². The maximum Gasteiger partial charge on any atom is 0.183 e. The number of hydrogen-bond acceptors (Lipinski definition) is 4. The van der Waals surface area contributed by atoms with Gasteiger partial charge in [-0.05, 0) is 0 Å². The minimum absolute atomic E-state index is 0.303. The number of ether oxygens (including phenoxy) is 2. The van der Waals surface area contributed by atoms with Crippen LogP contribution in [-0.4, -0.2) is 29.7 Å². The molecule has 0 radical (unpaired) electrons. The summed E-state index contributed by atoms with van der Waals surface area (Å²) in [6.07, 6.45) is -1.76. The molecule has 4 nitrogen and oxygen atoms in total. The van der Waals surface area contributed by atoms with Gasteiger partial charge in [-0.1, -0.05) is 30.3 Å². The monoisotopic (exact) mass is 210 g/mol. The van der Waals surface area contributed by atoms with Gasteiger partial charge < -0.3 is 19.7 Å². The zero-order valence-corrected chi connectivity index (χ0v) is 8.24. The summed E-state index contributed by atoms with van der Waals surface area (Å²) >= 11 is 0. The molecule has 1 aliphatic heterocycles. The Labute approximate surface area is 88.1 Å². The van der Waals surface area contributed by atoms with E-state index in [1.54, 1.807) is 0 Å². The van der Waals surface area contributed by atoms with E-state index in [2.05, 4.69) is 0 Å². The lowest BCUT2D eigenvalue weighted by molar-refractivity contribution is -0.242. The average Bonchev–Trinajstić information content (AvgIpc) is 2.30. The highest BCUT2D eigenvalue weighted by molar-refractivity contribution is 5.16. The van der Waals surface area contributed by atoms with Gasteiger partial charge in [0, 0.05) is 5.56 Å². The van der Waals surface area contributed by atoms with E-state index in [9.17, 15) is 0 Å². The maximum atomic E-state index is 8.93. The molecule has 1 saturated heterocycles. The molecule has 82 valence electrons. The Kier molecular flexibility index (Phi) is 3.33. The fourth-order valence-electron chi connectivity index (χ4n) is 1.49. The minimum atomic E-state index is -1.37. The predicted octanol–water partition coefficient (Wildman–Crippen LogP) is 0.659. The van der Waals surface area contributed by atoms with E-state index in [1.807, 2.05) is 30.3 Å². The maximum absolute atomic E-state index is 8.93. The summed E-state index contributed by atoms with van der Waals surface area (Å²) in [6.45, 7) is 0.606. The Morgan fingerprint density at radius 1 is 1.07 bits per heavy atom.